The molecule has 4 rings (SSSR count). The summed E-state index contributed by atoms with van der Waals surface area (Å²) in [5, 5.41) is 12.8. The molecule has 2 heterocycles. The van der Waals surface area contributed by atoms with E-state index in [0.29, 0.717) is 12.1 Å². The van der Waals surface area contributed by atoms with Gasteiger partial charge in [-0.05, 0) is 47.5 Å². The van der Waals surface area contributed by atoms with Crippen LogP contribution in [0.3, 0.4) is 0 Å². The number of piperazine rings is 1. The first-order chi connectivity index (χ1) is 12.8. The second kappa shape index (κ2) is 7.70. The Morgan fingerprint density at radius 2 is 1.85 bits per heavy atom. The van der Waals surface area contributed by atoms with E-state index in [-0.39, 0.29) is 5.82 Å². The smallest absolute Gasteiger partial charge is 0.209 e. The van der Waals surface area contributed by atoms with E-state index in [9.17, 15) is 4.39 Å². The van der Waals surface area contributed by atoms with Gasteiger partial charge >= 0.3 is 0 Å². The third kappa shape index (κ3) is 3.45. The monoisotopic (exact) mass is 359 g/mol. The van der Waals surface area contributed by atoms with Crippen LogP contribution in [0.4, 0.5) is 10.1 Å². The van der Waals surface area contributed by atoms with Crippen LogP contribution in [0.5, 0.6) is 0 Å². The summed E-state index contributed by atoms with van der Waals surface area (Å²) in [7, 11) is 0. The van der Waals surface area contributed by atoms with Crippen LogP contribution < -0.4 is 9.80 Å². The summed E-state index contributed by atoms with van der Waals surface area (Å²) in [6.07, 6.45) is 6.00. The van der Waals surface area contributed by atoms with Gasteiger partial charge in [0.25, 0.3) is 0 Å². The first-order valence-corrected chi connectivity index (χ1v) is 9.89. The van der Waals surface area contributed by atoms with Crippen molar-refractivity contribution in [2.75, 3.05) is 31.1 Å². The van der Waals surface area contributed by atoms with E-state index in [1.54, 1.807) is 17.0 Å². The highest BCUT2D eigenvalue weighted by Crippen LogP contribution is 2.30. The molecule has 0 radical (unpaired) electrons. The number of nitrogens with one attached hydrogen (secondary N) is 1. The van der Waals surface area contributed by atoms with Crippen molar-refractivity contribution >= 4 is 5.69 Å². The zero-order valence-corrected chi connectivity index (χ0v) is 15.4. The largest absolute Gasteiger partial charge is 0.360 e. The first-order valence-electron chi connectivity index (χ1n) is 9.89. The fourth-order valence-electron chi connectivity index (χ4n) is 4.55. The Bertz CT molecular complexity index is 701. The Hall–Kier alpha value is -2.02. The molecule has 1 saturated heterocycles. The zero-order valence-electron chi connectivity index (χ0n) is 15.4. The summed E-state index contributed by atoms with van der Waals surface area (Å²) < 4.78 is 15.3. The maximum atomic E-state index is 13.1. The number of benzene rings is 1. The minimum absolute atomic E-state index is 0.178. The molecule has 0 bridgehead atoms. The van der Waals surface area contributed by atoms with E-state index in [1.807, 2.05) is 12.1 Å². The Balaban J connectivity index is 1.44. The van der Waals surface area contributed by atoms with Gasteiger partial charge in [0.05, 0.1) is 32.2 Å². The molecule has 1 aliphatic heterocycles. The fraction of sp³-hybridized carbons (Fsp3) is 0.632. The summed E-state index contributed by atoms with van der Waals surface area (Å²) in [4.78, 5) is 3.90. The van der Waals surface area contributed by atoms with Crippen molar-refractivity contribution < 1.29 is 9.29 Å². The SMILES string of the molecule is CC[C@@H](c1nnnn1C1CCCC1)[NH+]1CCN(c2ccc(F)cc2)CC1. The maximum Gasteiger partial charge on any atom is 0.209 e. The van der Waals surface area contributed by atoms with Crippen LogP contribution in [0.1, 0.15) is 56.9 Å². The number of tetrazole rings is 1. The summed E-state index contributed by atoms with van der Waals surface area (Å²) in [5.74, 6) is 0.882. The van der Waals surface area contributed by atoms with Gasteiger partial charge in [-0.2, -0.15) is 0 Å². The molecule has 1 atom stereocenters. The lowest BCUT2D eigenvalue weighted by molar-refractivity contribution is -0.933. The number of quaternary nitrogens is 1. The number of hydrogen-bond acceptors (Lipinski definition) is 4. The Labute approximate surface area is 154 Å². The van der Waals surface area contributed by atoms with Crippen molar-refractivity contribution in [3.8, 4) is 0 Å². The predicted molar refractivity (Wildman–Crippen MR) is 97.7 cm³/mol. The van der Waals surface area contributed by atoms with Crippen molar-refractivity contribution in [3.05, 3.63) is 35.9 Å². The summed E-state index contributed by atoms with van der Waals surface area (Å²) in [5.41, 5.74) is 1.11. The molecule has 1 saturated carbocycles. The van der Waals surface area contributed by atoms with Crippen LogP contribution in [0, 0.1) is 5.82 Å². The molecule has 1 aromatic carbocycles. The van der Waals surface area contributed by atoms with Gasteiger partial charge in [-0.3, -0.25) is 0 Å². The van der Waals surface area contributed by atoms with E-state index in [1.165, 1.54) is 25.7 Å². The first kappa shape index (κ1) is 17.4. The van der Waals surface area contributed by atoms with Crippen molar-refractivity contribution in [2.45, 2.75) is 51.1 Å². The van der Waals surface area contributed by atoms with E-state index in [2.05, 4.69) is 32.0 Å². The van der Waals surface area contributed by atoms with Gasteiger partial charge in [-0.1, -0.05) is 19.8 Å². The average Bonchev–Trinajstić information content (AvgIpc) is 3.35. The van der Waals surface area contributed by atoms with E-state index in [4.69, 9.17) is 0 Å². The molecule has 0 spiro atoms. The van der Waals surface area contributed by atoms with Gasteiger partial charge in [0.15, 0.2) is 0 Å². The Morgan fingerprint density at radius 1 is 1.15 bits per heavy atom. The lowest BCUT2D eigenvalue weighted by Gasteiger charge is -2.37. The molecule has 6 nitrogen and oxygen atoms in total. The van der Waals surface area contributed by atoms with Gasteiger partial charge < -0.3 is 9.80 Å². The minimum Gasteiger partial charge on any atom is -0.360 e. The molecule has 0 amide bonds. The Morgan fingerprint density at radius 3 is 2.50 bits per heavy atom. The summed E-state index contributed by atoms with van der Waals surface area (Å²) in [6.45, 7) is 6.28. The number of halogens is 1. The quantitative estimate of drug-likeness (QED) is 0.884. The summed E-state index contributed by atoms with van der Waals surface area (Å²) in [6, 6.07) is 7.66. The standard InChI is InChI=1S/C19H27FN6/c1-2-18(19-21-22-23-26(19)17-5-3-4-6-17)25-13-11-24(12-14-25)16-9-7-15(20)8-10-16/h7-10,17-18H,2-6,11-14H2,1H3/p+1/t18-/m0/s1. The molecule has 7 heteroatoms. The van der Waals surface area contributed by atoms with Crippen molar-refractivity contribution in [1.29, 1.82) is 0 Å². The van der Waals surface area contributed by atoms with Crippen LogP contribution in [-0.4, -0.2) is 46.4 Å². The lowest BCUT2D eigenvalue weighted by atomic mass is 10.1. The number of rotatable bonds is 5. The Kier molecular flexibility index (Phi) is 5.15. The second-order valence-corrected chi connectivity index (χ2v) is 7.50. The van der Waals surface area contributed by atoms with Gasteiger partial charge in [-0.15, -0.1) is 5.10 Å². The third-order valence-electron chi connectivity index (χ3n) is 6.00. The topological polar surface area (TPSA) is 51.3 Å². The van der Waals surface area contributed by atoms with E-state index in [0.717, 1.165) is 44.1 Å². The van der Waals surface area contributed by atoms with Gasteiger partial charge in [0, 0.05) is 12.1 Å². The third-order valence-corrected chi connectivity index (χ3v) is 6.00. The second-order valence-electron chi connectivity index (χ2n) is 7.50. The molecule has 2 aromatic rings. The molecular weight excluding hydrogens is 331 g/mol. The number of anilines is 1. The molecule has 2 fully saturated rings. The highest BCUT2D eigenvalue weighted by atomic mass is 19.1. The van der Waals surface area contributed by atoms with Crippen LogP contribution in [0.25, 0.3) is 0 Å². The molecule has 26 heavy (non-hydrogen) atoms. The van der Waals surface area contributed by atoms with Crippen molar-refractivity contribution in [1.82, 2.24) is 20.2 Å². The van der Waals surface area contributed by atoms with Gasteiger partial charge in [-0.25, -0.2) is 9.07 Å². The van der Waals surface area contributed by atoms with Crippen LogP contribution >= 0.6 is 0 Å². The normalized spacial score (nSPS) is 20.6. The molecule has 1 N–H and O–H groups in total. The average molecular weight is 359 g/mol. The van der Waals surface area contributed by atoms with Gasteiger partial charge in [0.1, 0.15) is 11.9 Å². The van der Waals surface area contributed by atoms with Crippen LogP contribution in [0.2, 0.25) is 0 Å². The van der Waals surface area contributed by atoms with Gasteiger partial charge in [0.2, 0.25) is 5.82 Å². The van der Waals surface area contributed by atoms with Crippen molar-refractivity contribution in [2.24, 2.45) is 0 Å². The number of aromatic nitrogens is 4. The lowest BCUT2D eigenvalue weighted by Crippen LogP contribution is -3.15. The minimum atomic E-state index is -0.178. The molecular formula is C19H28FN6+. The molecule has 2 aliphatic rings. The number of nitrogens with zero attached hydrogens (tertiary/aromatic N) is 5. The van der Waals surface area contributed by atoms with E-state index < -0.39 is 0 Å². The molecule has 1 aromatic heterocycles. The highest BCUT2D eigenvalue weighted by molar-refractivity contribution is 5.46. The van der Waals surface area contributed by atoms with Crippen molar-refractivity contribution in [3.63, 3.8) is 0 Å². The van der Waals surface area contributed by atoms with E-state index >= 15 is 0 Å². The summed E-state index contributed by atoms with van der Waals surface area (Å²) >= 11 is 0. The van der Waals surface area contributed by atoms with Crippen LogP contribution in [0.15, 0.2) is 24.3 Å². The van der Waals surface area contributed by atoms with Crippen LogP contribution in [-0.2, 0) is 0 Å². The molecule has 140 valence electrons. The predicted octanol–water partition coefficient (Wildman–Crippen LogP) is 1.78. The molecule has 0 unspecified atom stereocenters. The fourth-order valence-corrected chi connectivity index (χ4v) is 4.55. The zero-order chi connectivity index (χ0) is 17.9. The number of hydrogen-bond donors (Lipinski definition) is 1. The highest BCUT2D eigenvalue weighted by Gasteiger charge is 2.33. The maximum absolute atomic E-state index is 13.1. The molecule has 1 aliphatic carbocycles.